The quantitative estimate of drug-likeness (QED) is 0.267. The van der Waals surface area contributed by atoms with Gasteiger partial charge >= 0.3 is 0 Å². The summed E-state index contributed by atoms with van der Waals surface area (Å²) in [5.74, 6) is 0.461. The molecule has 0 unspecified atom stereocenters. The van der Waals surface area contributed by atoms with Gasteiger partial charge < -0.3 is 19.6 Å². The lowest BCUT2D eigenvalue weighted by Crippen LogP contribution is -2.43. The van der Waals surface area contributed by atoms with Crippen molar-refractivity contribution in [2.45, 2.75) is 70.3 Å². The Bertz CT molecular complexity index is 1210. The number of ether oxygens (including phenoxy) is 1. The fourth-order valence-electron chi connectivity index (χ4n) is 3.75. The van der Waals surface area contributed by atoms with Gasteiger partial charge in [0.05, 0.1) is 24.0 Å². The number of benzene rings is 1. The van der Waals surface area contributed by atoms with E-state index in [2.05, 4.69) is 54.1 Å². The second-order valence-corrected chi connectivity index (χ2v) is 15.1. The maximum atomic E-state index is 11.3. The Hall–Kier alpha value is -2.93. The van der Waals surface area contributed by atoms with E-state index in [0.29, 0.717) is 35.6 Å². The SMILES string of the molecule is CC(C)(C)[Si](C)(C)OC[C@H]1O[C@@H](n2cnc3c(NCc4ccccc4[N+](=O)[O-])ncnc32)C[C@@H]1O. The zero-order chi connectivity index (χ0) is 25.4. The second-order valence-electron chi connectivity index (χ2n) is 10.3. The van der Waals surface area contributed by atoms with E-state index < -0.39 is 31.7 Å². The van der Waals surface area contributed by atoms with Gasteiger partial charge in [-0.15, -0.1) is 0 Å². The highest BCUT2D eigenvalue weighted by molar-refractivity contribution is 6.74. The zero-order valence-corrected chi connectivity index (χ0v) is 21.6. The lowest BCUT2D eigenvalue weighted by Gasteiger charge is -2.37. The summed E-state index contributed by atoms with van der Waals surface area (Å²) in [6.07, 6.45) is 1.86. The zero-order valence-electron chi connectivity index (χ0n) is 20.6. The van der Waals surface area contributed by atoms with Crippen molar-refractivity contribution in [1.82, 2.24) is 19.5 Å². The van der Waals surface area contributed by atoms with E-state index in [9.17, 15) is 15.2 Å². The molecule has 0 bridgehead atoms. The summed E-state index contributed by atoms with van der Waals surface area (Å²) >= 11 is 0. The minimum Gasteiger partial charge on any atom is -0.414 e. The molecule has 1 aliphatic heterocycles. The van der Waals surface area contributed by atoms with Crippen LogP contribution in [0.25, 0.3) is 11.2 Å². The molecule has 3 atom stereocenters. The van der Waals surface area contributed by atoms with Gasteiger partial charge in [-0.05, 0) is 18.1 Å². The molecule has 35 heavy (non-hydrogen) atoms. The molecule has 188 valence electrons. The highest BCUT2D eigenvalue weighted by atomic mass is 28.4. The predicted octanol–water partition coefficient (Wildman–Crippen LogP) is 4.02. The minimum atomic E-state index is -1.97. The maximum Gasteiger partial charge on any atom is 0.274 e. The van der Waals surface area contributed by atoms with E-state index in [1.165, 1.54) is 12.4 Å². The molecular weight excluding hydrogens is 468 g/mol. The van der Waals surface area contributed by atoms with Crippen molar-refractivity contribution in [1.29, 1.82) is 0 Å². The number of nitrogens with zero attached hydrogens (tertiary/aromatic N) is 5. The number of anilines is 1. The molecule has 1 aliphatic rings. The smallest absolute Gasteiger partial charge is 0.274 e. The first kappa shape index (κ1) is 25.2. The van der Waals surface area contributed by atoms with Crippen molar-refractivity contribution in [2.24, 2.45) is 0 Å². The van der Waals surface area contributed by atoms with E-state index in [0.717, 1.165) is 0 Å². The average Bonchev–Trinajstić information content (AvgIpc) is 3.39. The van der Waals surface area contributed by atoms with Gasteiger partial charge in [-0.3, -0.25) is 14.7 Å². The Kier molecular flexibility index (Phi) is 6.91. The normalized spacial score (nSPS) is 20.9. The van der Waals surface area contributed by atoms with Gasteiger partial charge in [0.1, 0.15) is 18.7 Å². The molecule has 1 fully saturated rings. The van der Waals surface area contributed by atoms with Crippen LogP contribution in [0.4, 0.5) is 11.5 Å². The minimum absolute atomic E-state index is 0.0372. The molecule has 3 heterocycles. The number of aliphatic hydroxyl groups is 1. The van der Waals surface area contributed by atoms with Crippen molar-refractivity contribution in [3.8, 4) is 0 Å². The van der Waals surface area contributed by atoms with E-state index in [4.69, 9.17) is 9.16 Å². The van der Waals surface area contributed by atoms with Gasteiger partial charge in [-0.25, -0.2) is 15.0 Å². The van der Waals surface area contributed by atoms with Crippen molar-refractivity contribution >= 4 is 31.0 Å². The number of imidazole rings is 1. The van der Waals surface area contributed by atoms with Crippen LogP contribution < -0.4 is 5.32 Å². The number of hydrogen-bond acceptors (Lipinski definition) is 9. The van der Waals surface area contributed by atoms with Crippen LogP contribution >= 0.6 is 0 Å². The first-order valence-electron chi connectivity index (χ1n) is 11.6. The number of para-hydroxylation sites is 1. The summed E-state index contributed by atoms with van der Waals surface area (Å²) < 4.78 is 14.2. The number of aliphatic hydroxyl groups excluding tert-OH is 1. The second kappa shape index (κ2) is 9.61. The monoisotopic (exact) mass is 500 g/mol. The number of nitro groups is 1. The van der Waals surface area contributed by atoms with Crippen LogP contribution in [0, 0.1) is 10.1 Å². The molecule has 12 heteroatoms. The van der Waals surface area contributed by atoms with Gasteiger partial charge in [0.2, 0.25) is 0 Å². The van der Waals surface area contributed by atoms with Crippen LogP contribution in [-0.4, -0.2) is 56.7 Å². The largest absolute Gasteiger partial charge is 0.414 e. The van der Waals surface area contributed by atoms with Crippen LogP contribution in [0.15, 0.2) is 36.9 Å². The standard InChI is InChI=1S/C23H32N6O5Si/c1-23(2,3)35(4,5)33-12-18-17(30)10-19(34-18)28-14-27-20-21(25-13-26-22(20)28)24-11-15-8-6-7-9-16(15)29(31)32/h6-9,13-14,17-19,30H,10-12H2,1-5H3,(H,24,25,26)/t17-,18+,19+/m0/s1. The highest BCUT2D eigenvalue weighted by Crippen LogP contribution is 2.38. The van der Waals surface area contributed by atoms with Gasteiger partial charge in [-0.1, -0.05) is 39.0 Å². The number of hydrogen-bond donors (Lipinski definition) is 2. The first-order chi connectivity index (χ1) is 16.5. The summed E-state index contributed by atoms with van der Waals surface area (Å²) in [4.78, 5) is 24.0. The van der Waals surface area contributed by atoms with Gasteiger partial charge in [0.25, 0.3) is 5.69 Å². The summed E-state index contributed by atoms with van der Waals surface area (Å²) in [5.41, 5.74) is 1.64. The maximum absolute atomic E-state index is 11.3. The number of fused-ring (bicyclic) bond motifs is 1. The molecule has 2 aromatic heterocycles. The Balaban J connectivity index is 1.48. The molecule has 0 spiro atoms. The number of nitrogens with one attached hydrogen (secondary N) is 1. The van der Waals surface area contributed by atoms with Crippen molar-refractivity contribution in [2.75, 3.05) is 11.9 Å². The fourth-order valence-corrected chi connectivity index (χ4v) is 4.77. The number of aromatic nitrogens is 4. The third-order valence-electron chi connectivity index (χ3n) is 6.92. The van der Waals surface area contributed by atoms with Crippen LogP contribution in [0.2, 0.25) is 18.1 Å². The molecular formula is C23H32N6O5Si. The molecule has 0 amide bonds. The summed E-state index contributed by atoms with van der Waals surface area (Å²) in [6.45, 7) is 11.4. The molecule has 11 nitrogen and oxygen atoms in total. The Labute approximate surface area is 204 Å². The van der Waals surface area contributed by atoms with Gasteiger partial charge in [0.15, 0.2) is 25.3 Å². The highest BCUT2D eigenvalue weighted by Gasteiger charge is 2.41. The third-order valence-corrected chi connectivity index (χ3v) is 11.4. The lowest BCUT2D eigenvalue weighted by molar-refractivity contribution is -0.385. The molecule has 2 N–H and O–H groups in total. The lowest BCUT2D eigenvalue weighted by atomic mass is 10.2. The first-order valence-corrected chi connectivity index (χ1v) is 14.5. The van der Waals surface area contributed by atoms with E-state index >= 15 is 0 Å². The predicted molar refractivity (Wildman–Crippen MR) is 133 cm³/mol. The van der Waals surface area contributed by atoms with Crippen LogP contribution in [0.3, 0.4) is 0 Å². The average molecular weight is 501 g/mol. The summed E-state index contributed by atoms with van der Waals surface area (Å²) in [5, 5.41) is 25.1. The topological polar surface area (TPSA) is 137 Å². The van der Waals surface area contributed by atoms with E-state index in [1.54, 1.807) is 29.1 Å². The molecule has 0 aliphatic carbocycles. The van der Waals surface area contributed by atoms with E-state index in [1.807, 2.05) is 0 Å². The van der Waals surface area contributed by atoms with Crippen LogP contribution in [0.5, 0.6) is 0 Å². The number of nitro benzene ring substituents is 1. The van der Waals surface area contributed by atoms with Crippen molar-refractivity contribution in [3.63, 3.8) is 0 Å². The Morgan fingerprint density at radius 3 is 2.74 bits per heavy atom. The Morgan fingerprint density at radius 2 is 2.03 bits per heavy atom. The third kappa shape index (κ3) is 5.20. The Morgan fingerprint density at radius 1 is 1.29 bits per heavy atom. The molecule has 0 radical (unpaired) electrons. The molecule has 1 saturated heterocycles. The van der Waals surface area contributed by atoms with Gasteiger partial charge in [0, 0.05) is 24.6 Å². The molecule has 4 rings (SSSR count). The van der Waals surface area contributed by atoms with Crippen LogP contribution in [0.1, 0.15) is 39.0 Å². The fraction of sp³-hybridized carbons (Fsp3) is 0.522. The molecule has 0 saturated carbocycles. The molecule has 3 aromatic rings. The van der Waals surface area contributed by atoms with E-state index in [-0.39, 0.29) is 17.3 Å². The van der Waals surface area contributed by atoms with Crippen molar-refractivity contribution < 1.29 is 19.2 Å². The molecule has 1 aromatic carbocycles. The summed E-state index contributed by atoms with van der Waals surface area (Å²) in [7, 11) is -1.97. The van der Waals surface area contributed by atoms with Crippen LogP contribution in [-0.2, 0) is 15.7 Å². The summed E-state index contributed by atoms with van der Waals surface area (Å²) in [6, 6.07) is 6.55. The number of rotatable bonds is 8. The van der Waals surface area contributed by atoms with Gasteiger partial charge in [-0.2, -0.15) is 0 Å². The van der Waals surface area contributed by atoms with Crippen molar-refractivity contribution in [3.05, 3.63) is 52.6 Å².